The molecule has 1 saturated heterocycles. The zero-order valence-electron chi connectivity index (χ0n) is 9.48. The van der Waals surface area contributed by atoms with E-state index in [1.54, 1.807) is 6.92 Å². The second-order valence-corrected chi connectivity index (χ2v) is 4.29. The van der Waals surface area contributed by atoms with Crippen LogP contribution in [0.5, 0.6) is 0 Å². The Bertz CT molecular complexity index is 375. The summed E-state index contributed by atoms with van der Waals surface area (Å²) in [6.45, 7) is 3.96. The van der Waals surface area contributed by atoms with Gasteiger partial charge < -0.3 is 15.2 Å². The monoisotopic (exact) mass is 223 g/mol. The summed E-state index contributed by atoms with van der Waals surface area (Å²) in [4.78, 5) is 14.0. The summed E-state index contributed by atoms with van der Waals surface area (Å²) in [5.41, 5.74) is 6.21. The fourth-order valence-electron chi connectivity index (χ4n) is 2.12. The SMILES string of the molecule is Cc1oncc1C(=O)N1CCC[C@@H](CN)C1. The highest BCUT2D eigenvalue weighted by Crippen LogP contribution is 2.18. The quantitative estimate of drug-likeness (QED) is 0.804. The number of nitrogens with zero attached hydrogens (tertiary/aromatic N) is 2. The van der Waals surface area contributed by atoms with E-state index in [1.807, 2.05) is 4.90 Å². The zero-order chi connectivity index (χ0) is 11.5. The molecule has 1 atom stereocenters. The van der Waals surface area contributed by atoms with Crippen molar-refractivity contribution in [2.75, 3.05) is 19.6 Å². The van der Waals surface area contributed by atoms with Gasteiger partial charge in [-0.05, 0) is 32.2 Å². The summed E-state index contributed by atoms with van der Waals surface area (Å²) < 4.78 is 4.91. The number of aryl methyl sites for hydroxylation is 1. The average Bonchev–Trinajstić information content (AvgIpc) is 2.74. The lowest BCUT2D eigenvalue weighted by molar-refractivity contribution is 0.0676. The van der Waals surface area contributed by atoms with Crippen LogP contribution in [-0.2, 0) is 0 Å². The van der Waals surface area contributed by atoms with E-state index in [-0.39, 0.29) is 5.91 Å². The maximum Gasteiger partial charge on any atom is 0.259 e. The van der Waals surface area contributed by atoms with Crippen molar-refractivity contribution in [2.24, 2.45) is 11.7 Å². The minimum absolute atomic E-state index is 0.0110. The van der Waals surface area contributed by atoms with Gasteiger partial charge in [-0.25, -0.2) is 0 Å². The minimum Gasteiger partial charge on any atom is -0.361 e. The predicted molar refractivity (Wildman–Crippen MR) is 58.9 cm³/mol. The van der Waals surface area contributed by atoms with E-state index in [2.05, 4.69) is 5.16 Å². The van der Waals surface area contributed by atoms with Crippen LogP contribution in [0.4, 0.5) is 0 Å². The van der Waals surface area contributed by atoms with Crippen molar-refractivity contribution >= 4 is 5.91 Å². The normalized spacial score (nSPS) is 21.1. The van der Waals surface area contributed by atoms with Gasteiger partial charge in [-0.3, -0.25) is 4.79 Å². The van der Waals surface area contributed by atoms with Crippen LogP contribution in [0, 0.1) is 12.8 Å². The van der Waals surface area contributed by atoms with Crippen LogP contribution < -0.4 is 5.73 Å². The van der Waals surface area contributed by atoms with Crippen molar-refractivity contribution in [1.29, 1.82) is 0 Å². The Morgan fingerprint density at radius 3 is 3.19 bits per heavy atom. The van der Waals surface area contributed by atoms with Crippen LogP contribution in [0.2, 0.25) is 0 Å². The molecule has 5 heteroatoms. The number of amides is 1. The third-order valence-electron chi connectivity index (χ3n) is 3.12. The van der Waals surface area contributed by atoms with Crippen LogP contribution >= 0.6 is 0 Å². The lowest BCUT2D eigenvalue weighted by Gasteiger charge is -2.31. The van der Waals surface area contributed by atoms with E-state index in [0.717, 1.165) is 25.9 Å². The van der Waals surface area contributed by atoms with E-state index in [1.165, 1.54) is 6.20 Å². The molecule has 2 N–H and O–H groups in total. The van der Waals surface area contributed by atoms with E-state index in [9.17, 15) is 4.79 Å². The molecule has 1 aliphatic rings. The Kier molecular flexibility index (Phi) is 3.24. The molecule has 0 radical (unpaired) electrons. The molecule has 0 aliphatic carbocycles. The van der Waals surface area contributed by atoms with Gasteiger partial charge in [0.2, 0.25) is 0 Å². The number of piperidine rings is 1. The first-order chi connectivity index (χ1) is 7.72. The molecule has 88 valence electrons. The van der Waals surface area contributed by atoms with Crippen molar-refractivity contribution in [1.82, 2.24) is 10.1 Å². The van der Waals surface area contributed by atoms with Gasteiger partial charge in [0.1, 0.15) is 11.3 Å². The third-order valence-corrected chi connectivity index (χ3v) is 3.12. The first-order valence-electron chi connectivity index (χ1n) is 5.63. The van der Waals surface area contributed by atoms with Crippen LogP contribution in [0.3, 0.4) is 0 Å². The van der Waals surface area contributed by atoms with Crippen LogP contribution in [0.1, 0.15) is 29.0 Å². The van der Waals surface area contributed by atoms with Crippen LogP contribution in [0.15, 0.2) is 10.7 Å². The Morgan fingerprint density at radius 1 is 1.75 bits per heavy atom. The smallest absolute Gasteiger partial charge is 0.259 e. The van der Waals surface area contributed by atoms with Gasteiger partial charge in [0, 0.05) is 13.1 Å². The summed E-state index contributed by atoms with van der Waals surface area (Å²) in [6, 6.07) is 0. The number of carbonyl (C=O) groups is 1. The van der Waals surface area contributed by atoms with E-state index in [0.29, 0.717) is 23.8 Å². The number of rotatable bonds is 2. The van der Waals surface area contributed by atoms with Crippen molar-refractivity contribution in [2.45, 2.75) is 19.8 Å². The fourth-order valence-corrected chi connectivity index (χ4v) is 2.12. The molecular formula is C11H17N3O2. The topological polar surface area (TPSA) is 72.4 Å². The summed E-state index contributed by atoms with van der Waals surface area (Å²) in [6.07, 6.45) is 3.63. The third kappa shape index (κ3) is 2.09. The largest absolute Gasteiger partial charge is 0.361 e. The van der Waals surface area contributed by atoms with Crippen LogP contribution in [-0.4, -0.2) is 35.6 Å². The van der Waals surface area contributed by atoms with Gasteiger partial charge in [-0.15, -0.1) is 0 Å². The molecular weight excluding hydrogens is 206 g/mol. The number of carbonyl (C=O) groups excluding carboxylic acids is 1. The molecule has 2 heterocycles. The highest BCUT2D eigenvalue weighted by Gasteiger charge is 2.25. The molecule has 0 bridgehead atoms. The minimum atomic E-state index is 0.0110. The molecule has 1 aromatic rings. The van der Waals surface area contributed by atoms with Gasteiger partial charge in [-0.2, -0.15) is 0 Å². The maximum atomic E-state index is 12.1. The lowest BCUT2D eigenvalue weighted by atomic mass is 9.98. The van der Waals surface area contributed by atoms with Crippen molar-refractivity contribution < 1.29 is 9.32 Å². The van der Waals surface area contributed by atoms with E-state index < -0.39 is 0 Å². The average molecular weight is 223 g/mol. The number of aromatic nitrogens is 1. The van der Waals surface area contributed by atoms with Crippen molar-refractivity contribution in [3.8, 4) is 0 Å². The number of hydrogen-bond acceptors (Lipinski definition) is 4. The second kappa shape index (κ2) is 4.65. The summed E-state index contributed by atoms with van der Waals surface area (Å²) in [5, 5.41) is 3.63. The van der Waals surface area contributed by atoms with Gasteiger partial charge in [0.15, 0.2) is 0 Å². The molecule has 16 heavy (non-hydrogen) atoms. The predicted octanol–water partition coefficient (Wildman–Crippen LogP) is 0.794. The zero-order valence-corrected chi connectivity index (χ0v) is 9.48. The van der Waals surface area contributed by atoms with Gasteiger partial charge in [0.05, 0.1) is 6.20 Å². The number of likely N-dealkylation sites (tertiary alicyclic amines) is 1. The second-order valence-electron chi connectivity index (χ2n) is 4.29. The first kappa shape index (κ1) is 11.1. The highest BCUT2D eigenvalue weighted by molar-refractivity contribution is 5.94. The van der Waals surface area contributed by atoms with Crippen molar-refractivity contribution in [3.05, 3.63) is 17.5 Å². The molecule has 1 amide bonds. The molecule has 0 aromatic carbocycles. The van der Waals surface area contributed by atoms with Crippen LogP contribution in [0.25, 0.3) is 0 Å². The molecule has 0 saturated carbocycles. The Hall–Kier alpha value is -1.36. The molecule has 1 aromatic heterocycles. The Balaban J connectivity index is 2.07. The molecule has 0 unspecified atom stereocenters. The molecule has 1 aliphatic heterocycles. The van der Waals surface area contributed by atoms with Gasteiger partial charge in [0.25, 0.3) is 5.91 Å². The van der Waals surface area contributed by atoms with Gasteiger partial charge in [-0.1, -0.05) is 5.16 Å². The number of nitrogens with two attached hydrogens (primary N) is 1. The number of hydrogen-bond donors (Lipinski definition) is 1. The summed E-state index contributed by atoms with van der Waals surface area (Å²) >= 11 is 0. The summed E-state index contributed by atoms with van der Waals surface area (Å²) in [5.74, 6) is 1.02. The maximum absolute atomic E-state index is 12.1. The van der Waals surface area contributed by atoms with Crippen molar-refractivity contribution in [3.63, 3.8) is 0 Å². The Morgan fingerprint density at radius 2 is 2.56 bits per heavy atom. The standard InChI is InChI=1S/C11H17N3O2/c1-8-10(6-13-16-8)11(15)14-4-2-3-9(5-12)7-14/h6,9H,2-5,7,12H2,1H3/t9-/m0/s1. The molecule has 2 rings (SSSR count). The molecule has 1 fully saturated rings. The fraction of sp³-hybridized carbons (Fsp3) is 0.636. The first-order valence-corrected chi connectivity index (χ1v) is 5.63. The van der Waals surface area contributed by atoms with Gasteiger partial charge >= 0.3 is 0 Å². The van der Waals surface area contributed by atoms with E-state index >= 15 is 0 Å². The molecule has 0 spiro atoms. The molecule has 5 nitrogen and oxygen atoms in total. The highest BCUT2D eigenvalue weighted by atomic mass is 16.5. The van der Waals surface area contributed by atoms with E-state index in [4.69, 9.17) is 10.3 Å². The Labute approximate surface area is 94.6 Å². The summed E-state index contributed by atoms with van der Waals surface area (Å²) in [7, 11) is 0. The lowest BCUT2D eigenvalue weighted by Crippen LogP contribution is -2.42.